The number of aromatic nitrogens is 2. The number of hydrogen-bond acceptors (Lipinski definition) is 4. The van der Waals surface area contributed by atoms with Gasteiger partial charge in [0.05, 0.1) is 5.01 Å². The molecule has 88 valence electrons. The van der Waals surface area contributed by atoms with Gasteiger partial charge in [-0.1, -0.05) is 0 Å². The lowest BCUT2D eigenvalue weighted by Gasteiger charge is -1.97. The van der Waals surface area contributed by atoms with E-state index in [2.05, 4.69) is 15.3 Å². The molecule has 17 heavy (non-hydrogen) atoms. The lowest BCUT2D eigenvalue weighted by atomic mass is 10.2. The summed E-state index contributed by atoms with van der Waals surface area (Å²) in [5.74, 6) is 0. The lowest BCUT2D eigenvalue weighted by molar-refractivity contribution is 0.694. The Morgan fingerprint density at radius 3 is 2.88 bits per heavy atom. The van der Waals surface area contributed by atoms with Crippen LogP contribution in [0, 0.1) is 0 Å². The van der Waals surface area contributed by atoms with E-state index in [4.69, 9.17) is 0 Å². The van der Waals surface area contributed by atoms with Gasteiger partial charge in [0, 0.05) is 42.5 Å². The molecule has 1 fully saturated rings. The van der Waals surface area contributed by atoms with E-state index in [0.29, 0.717) is 0 Å². The van der Waals surface area contributed by atoms with Crippen LogP contribution in [0.1, 0.15) is 28.3 Å². The molecule has 1 aliphatic carbocycles. The van der Waals surface area contributed by atoms with Crippen LogP contribution in [0.3, 0.4) is 0 Å². The molecular weight excluding hydrogens is 230 g/mol. The molecule has 0 radical (unpaired) electrons. The first-order valence-electron chi connectivity index (χ1n) is 5.96. The van der Waals surface area contributed by atoms with Crippen LogP contribution < -0.4 is 5.32 Å². The first-order valence-corrected chi connectivity index (χ1v) is 6.78. The van der Waals surface area contributed by atoms with Gasteiger partial charge in [-0.2, -0.15) is 0 Å². The quantitative estimate of drug-likeness (QED) is 0.879. The zero-order valence-corrected chi connectivity index (χ0v) is 10.4. The second-order valence-electron chi connectivity index (χ2n) is 4.41. The number of thiazole rings is 1. The first kappa shape index (κ1) is 10.9. The van der Waals surface area contributed by atoms with Crippen LogP contribution in [-0.4, -0.2) is 16.0 Å². The maximum atomic E-state index is 4.47. The average Bonchev–Trinajstić information content (AvgIpc) is 3.09. The van der Waals surface area contributed by atoms with Crippen molar-refractivity contribution in [3.63, 3.8) is 0 Å². The molecule has 1 aliphatic rings. The van der Waals surface area contributed by atoms with Gasteiger partial charge in [0.15, 0.2) is 0 Å². The normalized spacial score (nSPS) is 15.1. The molecule has 0 saturated heterocycles. The zero-order valence-electron chi connectivity index (χ0n) is 9.60. The van der Waals surface area contributed by atoms with E-state index in [1.165, 1.54) is 28.3 Å². The van der Waals surface area contributed by atoms with Gasteiger partial charge in [-0.05, 0) is 30.5 Å². The third-order valence-corrected chi connectivity index (χ3v) is 3.85. The second-order valence-corrected chi connectivity index (χ2v) is 5.61. The van der Waals surface area contributed by atoms with Crippen LogP contribution in [0.4, 0.5) is 0 Å². The van der Waals surface area contributed by atoms with Gasteiger partial charge in [-0.3, -0.25) is 4.98 Å². The topological polar surface area (TPSA) is 37.8 Å². The summed E-state index contributed by atoms with van der Waals surface area (Å²) in [5.41, 5.74) is 1.27. The molecule has 1 saturated carbocycles. The van der Waals surface area contributed by atoms with Crippen molar-refractivity contribution in [1.29, 1.82) is 0 Å². The molecule has 0 bridgehead atoms. The van der Waals surface area contributed by atoms with Gasteiger partial charge in [-0.15, -0.1) is 11.3 Å². The molecule has 0 atom stereocenters. The van der Waals surface area contributed by atoms with Crippen molar-refractivity contribution in [3.05, 3.63) is 46.2 Å². The minimum Gasteiger partial charge on any atom is -0.309 e. The highest BCUT2D eigenvalue weighted by Crippen LogP contribution is 2.21. The Morgan fingerprint density at radius 2 is 2.12 bits per heavy atom. The number of rotatable bonds is 5. The van der Waals surface area contributed by atoms with Gasteiger partial charge in [0.25, 0.3) is 0 Å². The van der Waals surface area contributed by atoms with E-state index in [0.717, 1.165) is 19.0 Å². The Morgan fingerprint density at radius 1 is 1.29 bits per heavy atom. The molecule has 0 spiro atoms. The van der Waals surface area contributed by atoms with Gasteiger partial charge in [0.2, 0.25) is 0 Å². The van der Waals surface area contributed by atoms with Crippen molar-refractivity contribution in [2.45, 2.75) is 31.8 Å². The Bertz CT molecular complexity index is 476. The molecule has 3 rings (SSSR count). The predicted molar refractivity (Wildman–Crippen MR) is 69.0 cm³/mol. The third-order valence-electron chi connectivity index (χ3n) is 2.85. The SMILES string of the molecule is c1cc(Cc2ncc(CNC3CC3)s2)ccn1. The number of pyridine rings is 1. The summed E-state index contributed by atoms with van der Waals surface area (Å²) in [6, 6.07) is 4.85. The fraction of sp³-hybridized carbons (Fsp3) is 0.385. The standard InChI is InChI=1S/C13H15N3S/c1-2-11(1)15-8-12-9-16-13(17-12)7-10-3-5-14-6-4-10/h3-6,9,11,15H,1-2,7-8H2. The summed E-state index contributed by atoms with van der Waals surface area (Å²) in [7, 11) is 0. The molecule has 0 amide bonds. The van der Waals surface area contributed by atoms with Gasteiger partial charge in [-0.25, -0.2) is 4.98 Å². The molecule has 0 aliphatic heterocycles. The van der Waals surface area contributed by atoms with Crippen LogP contribution in [0.2, 0.25) is 0 Å². The Balaban J connectivity index is 1.59. The van der Waals surface area contributed by atoms with Crippen LogP contribution in [0.25, 0.3) is 0 Å². The zero-order chi connectivity index (χ0) is 11.5. The molecule has 2 heterocycles. The number of nitrogens with one attached hydrogen (secondary N) is 1. The molecule has 2 aromatic rings. The van der Waals surface area contributed by atoms with E-state index in [1.807, 2.05) is 30.7 Å². The minimum absolute atomic E-state index is 0.765. The van der Waals surface area contributed by atoms with E-state index >= 15 is 0 Å². The molecule has 0 unspecified atom stereocenters. The molecule has 3 nitrogen and oxygen atoms in total. The van der Waals surface area contributed by atoms with E-state index in [1.54, 1.807) is 11.3 Å². The lowest BCUT2D eigenvalue weighted by Crippen LogP contribution is -2.14. The van der Waals surface area contributed by atoms with Crippen molar-refractivity contribution in [2.24, 2.45) is 0 Å². The van der Waals surface area contributed by atoms with Gasteiger partial charge >= 0.3 is 0 Å². The second kappa shape index (κ2) is 4.94. The highest BCUT2D eigenvalue weighted by Gasteiger charge is 2.20. The average molecular weight is 245 g/mol. The highest BCUT2D eigenvalue weighted by molar-refractivity contribution is 7.11. The predicted octanol–water partition coefficient (Wildman–Crippen LogP) is 2.38. The van der Waals surface area contributed by atoms with Gasteiger partial charge in [0.1, 0.15) is 0 Å². The van der Waals surface area contributed by atoms with Crippen LogP contribution in [-0.2, 0) is 13.0 Å². The van der Waals surface area contributed by atoms with Crippen LogP contribution >= 0.6 is 11.3 Å². The molecular formula is C13H15N3S. The third kappa shape index (κ3) is 3.11. The largest absolute Gasteiger partial charge is 0.309 e. The smallest absolute Gasteiger partial charge is 0.0972 e. The Hall–Kier alpha value is -1.26. The van der Waals surface area contributed by atoms with Crippen molar-refractivity contribution in [2.75, 3.05) is 0 Å². The first-order chi connectivity index (χ1) is 8.40. The fourth-order valence-corrected chi connectivity index (χ4v) is 2.63. The van der Waals surface area contributed by atoms with Crippen molar-refractivity contribution < 1.29 is 0 Å². The van der Waals surface area contributed by atoms with Crippen LogP contribution in [0.15, 0.2) is 30.7 Å². The number of hydrogen-bond donors (Lipinski definition) is 1. The molecule has 4 heteroatoms. The fourth-order valence-electron chi connectivity index (χ4n) is 1.72. The minimum atomic E-state index is 0.765. The Labute approximate surface area is 105 Å². The highest BCUT2D eigenvalue weighted by atomic mass is 32.1. The van der Waals surface area contributed by atoms with Crippen molar-refractivity contribution in [1.82, 2.24) is 15.3 Å². The summed E-state index contributed by atoms with van der Waals surface area (Å²) >= 11 is 1.80. The summed E-state index contributed by atoms with van der Waals surface area (Å²) in [4.78, 5) is 9.82. The summed E-state index contributed by atoms with van der Waals surface area (Å²) in [6.45, 7) is 0.971. The van der Waals surface area contributed by atoms with E-state index in [-0.39, 0.29) is 0 Å². The molecule has 2 aromatic heterocycles. The van der Waals surface area contributed by atoms with Gasteiger partial charge < -0.3 is 5.32 Å². The maximum Gasteiger partial charge on any atom is 0.0972 e. The van der Waals surface area contributed by atoms with Crippen molar-refractivity contribution >= 4 is 11.3 Å². The van der Waals surface area contributed by atoms with E-state index < -0.39 is 0 Å². The number of nitrogens with zero attached hydrogens (tertiary/aromatic N) is 2. The summed E-state index contributed by atoms with van der Waals surface area (Å²) in [5, 5.41) is 4.69. The Kier molecular flexibility index (Phi) is 3.16. The van der Waals surface area contributed by atoms with Crippen LogP contribution in [0.5, 0.6) is 0 Å². The molecule has 0 aromatic carbocycles. The summed E-state index contributed by atoms with van der Waals surface area (Å²) < 4.78 is 0. The summed E-state index contributed by atoms with van der Waals surface area (Å²) in [6.07, 6.45) is 9.25. The monoisotopic (exact) mass is 245 g/mol. The maximum absolute atomic E-state index is 4.47. The van der Waals surface area contributed by atoms with Crippen molar-refractivity contribution in [3.8, 4) is 0 Å². The van der Waals surface area contributed by atoms with E-state index in [9.17, 15) is 0 Å². The molecule has 1 N–H and O–H groups in total.